The molecule has 0 aliphatic carbocycles. The molecule has 20 heavy (non-hydrogen) atoms. The maximum Gasteiger partial charge on any atom is 0.573 e. The van der Waals surface area contributed by atoms with Crippen LogP contribution in [0.1, 0.15) is 5.76 Å². The number of amidine groups is 1. The Kier molecular flexibility index (Phi) is 3.69. The topological polar surface area (TPSA) is 60.8 Å². The average Bonchev–Trinajstić information content (AvgIpc) is 2.86. The van der Waals surface area contributed by atoms with E-state index in [1.807, 2.05) is 0 Å². The van der Waals surface area contributed by atoms with Gasteiger partial charge in [-0.15, -0.1) is 13.2 Å². The number of alkyl halides is 3. The molecule has 0 spiro atoms. The van der Waals surface area contributed by atoms with Gasteiger partial charge in [0.1, 0.15) is 11.5 Å². The number of ether oxygens (including phenoxy) is 1. The molecule has 2 N–H and O–H groups in total. The van der Waals surface area contributed by atoms with Crippen LogP contribution < -0.4 is 10.5 Å². The molecule has 7 heteroatoms. The van der Waals surface area contributed by atoms with Crippen LogP contribution in [0.4, 0.5) is 13.2 Å². The fourth-order valence-electron chi connectivity index (χ4n) is 1.61. The fourth-order valence-corrected chi connectivity index (χ4v) is 1.61. The molecule has 0 fully saturated rings. The van der Waals surface area contributed by atoms with Crippen LogP contribution in [-0.2, 0) is 0 Å². The lowest BCUT2D eigenvalue weighted by Gasteiger charge is -2.11. The van der Waals surface area contributed by atoms with Gasteiger partial charge in [0.25, 0.3) is 0 Å². The fraction of sp³-hybridized carbons (Fsp3) is 0.154. The van der Waals surface area contributed by atoms with Crippen LogP contribution in [0, 0.1) is 0 Å². The molecule has 2 rings (SSSR count). The largest absolute Gasteiger partial charge is 0.573 e. The zero-order valence-corrected chi connectivity index (χ0v) is 10.4. The molecule has 2 aromatic rings. The van der Waals surface area contributed by atoms with Gasteiger partial charge in [-0.2, -0.15) is 0 Å². The Balaban J connectivity index is 2.40. The highest BCUT2D eigenvalue weighted by Gasteiger charge is 2.32. The van der Waals surface area contributed by atoms with Gasteiger partial charge in [0.05, 0.1) is 5.56 Å². The Labute approximate surface area is 112 Å². The molecular formula is C13H11F3N2O2. The van der Waals surface area contributed by atoms with Gasteiger partial charge in [-0.3, -0.25) is 4.99 Å². The van der Waals surface area contributed by atoms with Gasteiger partial charge in [0.2, 0.25) is 0 Å². The predicted molar refractivity (Wildman–Crippen MR) is 67.5 cm³/mol. The van der Waals surface area contributed by atoms with E-state index in [-0.39, 0.29) is 28.7 Å². The molecule has 0 aliphatic heterocycles. The zero-order chi connectivity index (χ0) is 14.8. The van der Waals surface area contributed by atoms with E-state index in [4.69, 9.17) is 10.2 Å². The number of nitrogens with two attached hydrogens (primary N) is 1. The first-order valence-electron chi connectivity index (χ1n) is 5.58. The highest BCUT2D eigenvalue weighted by Crippen LogP contribution is 2.34. The SMILES string of the molecule is CN=C(N)c1ccc(-c2ccccc2OC(F)(F)F)o1. The van der Waals surface area contributed by atoms with Crippen molar-refractivity contribution in [1.82, 2.24) is 0 Å². The van der Waals surface area contributed by atoms with Crippen LogP contribution in [0.5, 0.6) is 5.75 Å². The Morgan fingerprint density at radius 2 is 1.90 bits per heavy atom. The Morgan fingerprint density at radius 3 is 2.55 bits per heavy atom. The third-order valence-corrected chi connectivity index (χ3v) is 2.48. The van der Waals surface area contributed by atoms with E-state index >= 15 is 0 Å². The molecule has 0 amide bonds. The Hall–Kier alpha value is -2.44. The van der Waals surface area contributed by atoms with E-state index in [1.54, 1.807) is 6.07 Å². The van der Waals surface area contributed by atoms with E-state index in [9.17, 15) is 13.2 Å². The predicted octanol–water partition coefficient (Wildman–Crippen LogP) is 3.18. The number of benzene rings is 1. The van der Waals surface area contributed by atoms with Gasteiger partial charge in [-0.05, 0) is 24.3 Å². The molecule has 0 saturated carbocycles. The van der Waals surface area contributed by atoms with Crippen LogP contribution in [0.15, 0.2) is 45.8 Å². The quantitative estimate of drug-likeness (QED) is 0.695. The van der Waals surface area contributed by atoms with Crippen molar-refractivity contribution in [2.45, 2.75) is 6.36 Å². The molecule has 1 aromatic heterocycles. The summed E-state index contributed by atoms with van der Waals surface area (Å²) in [7, 11) is 1.48. The second kappa shape index (κ2) is 5.28. The number of hydrogen-bond acceptors (Lipinski definition) is 3. The normalized spacial score (nSPS) is 12.5. The summed E-state index contributed by atoms with van der Waals surface area (Å²) in [4.78, 5) is 3.74. The van der Waals surface area contributed by atoms with Gasteiger partial charge < -0.3 is 14.9 Å². The van der Waals surface area contributed by atoms with Crippen LogP contribution in [-0.4, -0.2) is 19.2 Å². The highest BCUT2D eigenvalue weighted by atomic mass is 19.4. The number of hydrogen-bond donors (Lipinski definition) is 1. The lowest BCUT2D eigenvalue weighted by Crippen LogP contribution is -2.17. The van der Waals surface area contributed by atoms with Gasteiger partial charge >= 0.3 is 6.36 Å². The minimum atomic E-state index is -4.77. The van der Waals surface area contributed by atoms with E-state index in [1.165, 1.54) is 37.4 Å². The first kappa shape index (κ1) is 14.0. The van der Waals surface area contributed by atoms with Crippen LogP contribution in [0.2, 0.25) is 0 Å². The third kappa shape index (κ3) is 3.11. The maximum absolute atomic E-state index is 12.3. The van der Waals surface area contributed by atoms with Crippen molar-refractivity contribution in [2.75, 3.05) is 7.05 Å². The van der Waals surface area contributed by atoms with Gasteiger partial charge in [0.15, 0.2) is 11.6 Å². The van der Waals surface area contributed by atoms with Crippen molar-refractivity contribution in [2.24, 2.45) is 10.7 Å². The van der Waals surface area contributed by atoms with Gasteiger partial charge in [-0.25, -0.2) is 0 Å². The van der Waals surface area contributed by atoms with Crippen molar-refractivity contribution in [3.8, 4) is 17.1 Å². The minimum Gasteiger partial charge on any atom is -0.453 e. The van der Waals surface area contributed by atoms with Crippen molar-refractivity contribution >= 4 is 5.84 Å². The molecule has 0 saturated heterocycles. The zero-order valence-electron chi connectivity index (χ0n) is 10.4. The molecule has 1 heterocycles. The second-order valence-corrected chi connectivity index (χ2v) is 3.82. The summed E-state index contributed by atoms with van der Waals surface area (Å²) < 4.78 is 46.3. The van der Waals surface area contributed by atoms with Crippen LogP contribution >= 0.6 is 0 Å². The van der Waals surface area contributed by atoms with E-state index in [0.717, 1.165) is 0 Å². The first-order valence-corrected chi connectivity index (χ1v) is 5.58. The van der Waals surface area contributed by atoms with E-state index in [0.29, 0.717) is 0 Å². The maximum atomic E-state index is 12.3. The summed E-state index contributed by atoms with van der Waals surface area (Å²) in [5, 5.41) is 0. The molecule has 0 bridgehead atoms. The standard InChI is InChI=1S/C13H11F3N2O2/c1-18-12(17)11-7-6-9(19-11)8-4-2-3-5-10(8)20-13(14,15)16/h2-7H,1H3,(H2,17,18). The van der Waals surface area contributed by atoms with E-state index in [2.05, 4.69) is 9.73 Å². The number of furan rings is 1. The number of aliphatic imine (C=N–C) groups is 1. The van der Waals surface area contributed by atoms with Crippen molar-refractivity contribution in [3.05, 3.63) is 42.2 Å². The highest BCUT2D eigenvalue weighted by molar-refractivity contribution is 5.95. The van der Waals surface area contributed by atoms with Gasteiger partial charge in [0, 0.05) is 7.05 Å². The minimum absolute atomic E-state index is 0.158. The second-order valence-electron chi connectivity index (χ2n) is 3.82. The Morgan fingerprint density at radius 1 is 1.20 bits per heavy atom. The third-order valence-electron chi connectivity index (χ3n) is 2.48. The van der Waals surface area contributed by atoms with Crippen molar-refractivity contribution in [3.63, 3.8) is 0 Å². The first-order chi connectivity index (χ1) is 9.40. The molecule has 0 radical (unpaired) electrons. The lowest BCUT2D eigenvalue weighted by atomic mass is 10.1. The number of nitrogens with zero attached hydrogens (tertiary/aromatic N) is 1. The Bertz CT molecular complexity index is 633. The van der Waals surface area contributed by atoms with Crippen molar-refractivity contribution < 1.29 is 22.3 Å². The summed E-state index contributed by atoms with van der Waals surface area (Å²) in [6, 6.07) is 8.73. The molecule has 4 nitrogen and oxygen atoms in total. The molecule has 0 atom stereocenters. The number of halogens is 3. The van der Waals surface area contributed by atoms with Crippen molar-refractivity contribution in [1.29, 1.82) is 0 Å². The number of rotatable bonds is 3. The van der Waals surface area contributed by atoms with Gasteiger partial charge in [-0.1, -0.05) is 12.1 Å². The summed E-state index contributed by atoms with van der Waals surface area (Å²) in [5.41, 5.74) is 5.75. The molecule has 106 valence electrons. The van der Waals surface area contributed by atoms with E-state index < -0.39 is 6.36 Å². The van der Waals surface area contributed by atoms with Crippen LogP contribution in [0.3, 0.4) is 0 Å². The molecule has 0 unspecified atom stereocenters. The average molecular weight is 284 g/mol. The summed E-state index contributed by atoms with van der Waals surface area (Å²) in [6.07, 6.45) is -4.77. The number of para-hydroxylation sites is 1. The smallest absolute Gasteiger partial charge is 0.453 e. The molecule has 1 aromatic carbocycles. The summed E-state index contributed by atoms with van der Waals surface area (Å²) in [6.45, 7) is 0. The molecule has 0 aliphatic rings. The summed E-state index contributed by atoms with van der Waals surface area (Å²) >= 11 is 0. The monoisotopic (exact) mass is 284 g/mol. The lowest BCUT2D eigenvalue weighted by molar-refractivity contribution is -0.274. The molecular weight excluding hydrogens is 273 g/mol. The summed E-state index contributed by atoms with van der Waals surface area (Å²) in [5.74, 6) is 0.314. The van der Waals surface area contributed by atoms with Crippen LogP contribution in [0.25, 0.3) is 11.3 Å².